The summed E-state index contributed by atoms with van der Waals surface area (Å²) >= 11 is 0. The van der Waals surface area contributed by atoms with Crippen LogP contribution in [0, 0.1) is 5.92 Å². The van der Waals surface area contributed by atoms with Crippen LogP contribution in [0.15, 0.2) is 67.0 Å². The summed E-state index contributed by atoms with van der Waals surface area (Å²) in [6.07, 6.45) is 4.29. The fourth-order valence-electron chi connectivity index (χ4n) is 4.62. The smallest absolute Gasteiger partial charge is 0.259 e. The van der Waals surface area contributed by atoms with E-state index in [-0.39, 0.29) is 18.6 Å². The molecular formula is C27H27N3O4. The summed E-state index contributed by atoms with van der Waals surface area (Å²) in [7, 11) is 0. The molecule has 1 aromatic heterocycles. The SMILES string of the molecule is CC(C)CCNC(=O)[C@H]1c2ccccc2C(=O)N(c2ccc3c(c2)OCO3)[C@@H]1c1cccnc1. The first-order valence-electron chi connectivity index (χ1n) is 11.5. The minimum Gasteiger partial charge on any atom is -0.454 e. The van der Waals surface area contributed by atoms with E-state index in [9.17, 15) is 9.59 Å². The molecule has 0 unspecified atom stereocenters. The number of amides is 2. The molecule has 0 radical (unpaired) electrons. The first-order chi connectivity index (χ1) is 16.5. The molecule has 2 aliphatic heterocycles. The minimum atomic E-state index is -0.601. The first-order valence-corrected chi connectivity index (χ1v) is 11.5. The lowest BCUT2D eigenvalue weighted by atomic mass is 9.79. The summed E-state index contributed by atoms with van der Waals surface area (Å²) in [6, 6.07) is 15.9. The highest BCUT2D eigenvalue weighted by molar-refractivity contribution is 6.11. The Hall–Kier alpha value is -3.87. The number of benzene rings is 2. The predicted octanol–water partition coefficient (Wildman–Crippen LogP) is 4.46. The van der Waals surface area contributed by atoms with Crippen molar-refractivity contribution >= 4 is 17.5 Å². The van der Waals surface area contributed by atoms with Gasteiger partial charge in [0.05, 0.1) is 12.0 Å². The minimum absolute atomic E-state index is 0.111. The Labute approximate surface area is 198 Å². The number of nitrogens with zero attached hydrogens (tertiary/aromatic N) is 2. The predicted molar refractivity (Wildman–Crippen MR) is 128 cm³/mol. The number of carbonyl (C=O) groups excluding carboxylic acids is 2. The molecule has 2 aliphatic rings. The molecule has 7 heteroatoms. The van der Waals surface area contributed by atoms with E-state index in [0.29, 0.717) is 35.2 Å². The van der Waals surface area contributed by atoms with Crippen LogP contribution in [0.2, 0.25) is 0 Å². The van der Waals surface area contributed by atoms with Crippen LogP contribution in [0.4, 0.5) is 5.69 Å². The zero-order valence-electron chi connectivity index (χ0n) is 19.2. The molecule has 0 saturated carbocycles. The van der Waals surface area contributed by atoms with Crippen molar-refractivity contribution in [1.29, 1.82) is 0 Å². The third-order valence-electron chi connectivity index (χ3n) is 6.30. The van der Waals surface area contributed by atoms with Crippen LogP contribution >= 0.6 is 0 Å². The number of rotatable bonds is 6. The topological polar surface area (TPSA) is 80.8 Å². The normalized spacial score (nSPS) is 18.7. The lowest BCUT2D eigenvalue weighted by Crippen LogP contribution is -2.47. The van der Waals surface area contributed by atoms with Gasteiger partial charge in [0.25, 0.3) is 5.91 Å². The number of hydrogen-bond donors (Lipinski definition) is 1. The third kappa shape index (κ3) is 3.98. The maximum absolute atomic E-state index is 13.9. The number of anilines is 1. The molecule has 174 valence electrons. The molecule has 3 aromatic rings. The second-order valence-corrected chi connectivity index (χ2v) is 8.98. The molecule has 2 amide bonds. The molecule has 34 heavy (non-hydrogen) atoms. The number of aromatic nitrogens is 1. The average Bonchev–Trinajstić information content (AvgIpc) is 3.32. The molecule has 7 nitrogen and oxygen atoms in total. The van der Waals surface area contributed by atoms with E-state index < -0.39 is 12.0 Å². The van der Waals surface area contributed by atoms with Gasteiger partial charge < -0.3 is 14.8 Å². The van der Waals surface area contributed by atoms with Gasteiger partial charge in [0, 0.05) is 36.3 Å². The largest absolute Gasteiger partial charge is 0.454 e. The van der Waals surface area contributed by atoms with Crippen LogP contribution in [-0.2, 0) is 4.79 Å². The highest BCUT2D eigenvalue weighted by Crippen LogP contribution is 2.46. The van der Waals surface area contributed by atoms with Crippen molar-refractivity contribution < 1.29 is 19.1 Å². The van der Waals surface area contributed by atoms with E-state index in [1.54, 1.807) is 35.5 Å². The van der Waals surface area contributed by atoms with Gasteiger partial charge in [-0.05, 0) is 47.7 Å². The van der Waals surface area contributed by atoms with Crippen LogP contribution in [0.3, 0.4) is 0 Å². The summed E-state index contributed by atoms with van der Waals surface area (Å²) in [5.74, 6) is 0.798. The van der Waals surface area contributed by atoms with Crippen LogP contribution < -0.4 is 19.7 Å². The molecule has 0 saturated heterocycles. The highest BCUT2D eigenvalue weighted by Gasteiger charge is 2.45. The van der Waals surface area contributed by atoms with Crippen LogP contribution in [0.25, 0.3) is 0 Å². The van der Waals surface area contributed by atoms with E-state index in [0.717, 1.165) is 17.5 Å². The van der Waals surface area contributed by atoms with E-state index in [2.05, 4.69) is 24.1 Å². The Morgan fingerprint density at radius 3 is 2.74 bits per heavy atom. The first kappa shape index (κ1) is 21.9. The molecule has 0 bridgehead atoms. The summed E-state index contributed by atoms with van der Waals surface area (Å²) in [5.41, 5.74) is 2.66. The van der Waals surface area contributed by atoms with Crippen LogP contribution in [0.1, 0.15) is 53.7 Å². The summed E-state index contributed by atoms with van der Waals surface area (Å²) in [6.45, 7) is 4.97. The van der Waals surface area contributed by atoms with Crippen molar-refractivity contribution in [2.24, 2.45) is 5.92 Å². The van der Waals surface area contributed by atoms with E-state index in [4.69, 9.17) is 9.47 Å². The zero-order chi connectivity index (χ0) is 23.7. The summed E-state index contributed by atoms with van der Waals surface area (Å²) in [5, 5.41) is 3.11. The molecule has 2 atom stereocenters. The van der Waals surface area contributed by atoms with Crippen LogP contribution in [0.5, 0.6) is 11.5 Å². The molecule has 0 aliphatic carbocycles. The van der Waals surface area contributed by atoms with Crippen LogP contribution in [-0.4, -0.2) is 30.1 Å². The number of fused-ring (bicyclic) bond motifs is 2. The van der Waals surface area contributed by atoms with Crippen molar-refractivity contribution in [1.82, 2.24) is 10.3 Å². The Kier molecular flexibility index (Phi) is 5.92. The van der Waals surface area contributed by atoms with Gasteiger partial charge in [-0.1, -0.05) is 38.1 Å². The maximum atomic E-state index is 13.9. The quantitative estimate of drug-likeness (QED) is 0.591. The number of hydrogen-bond acceptors (Lipinski definition) is 5. The van der Waals surface area contributed by atoms with Gasteiger partial charge in [-0.2, -0.15) is 0 Å². The molecular weight excluding hydrogens is 430 g/mol. The highest BCUT2D eigenvalue weighted by atomic mass is 16.7. The van der Waals surface area contributed by atoms with Gasteiger partial charge in [0.15, 0.2) is 11.5 Å². The Morgan fingerprint density at radius 1 is 1.12 bits per heavy atom. The van der Waals surface area contributed by atoms with Gasteiger partial charge in [-0.15, -0.1) is 0 Å². The Bertz CT molecular complexity index is 1210. The number of nitrogens with one attached hydrogen (secondary N) is 1. The Balaban J connectivity index is 1.64. The second kappa shape index (κ2) is 9.17. The number of pyridine rings is 1. The van der Waals surface area contributed by atoms with Crippen molar-refractivity contribution in [2.75, 3.05) is 18.2 Å². The Morgan fingerprint density at radius 2 is 1.94 bits per heavy atom. The van der Waals surface area contributed by atoms with Gasteiger partial charge in [-0.3, -0.25) is 19.5 Å². The molecule has 1 N–H and O–H groups in total. The molecule has 0 fully saturated rings. The maximum Gasteiger partial charge on any atom is 0.259 e. The van der Waals surface area contributed by atoms with E-state index in [1.807, 2.05) is 36.4 Å². The zero-order valence-corrected chi connectivity index (χ0v) is 19.2. The van der Waals surface area contributed by atoms with Gasteiger partial charge >= 0.3 is 0 Å². The molecule has 3 heterocycles. The average molecular weight is 458 g/mol. The monoisotopic (exact) mass is 457 g/mol. The lowest BCUT2D eigenvalue weighted by Gasteiger charge is -2.41. The molecule has 5 rings (SSSR count). The third-order valence-corrected chi connectivity index (χ3v) is 6.30. The molecule has 0 spiro atoms. The van der Waals surface area contributed by atoms with Crippen molar-refractivity contribution in [3.63, 3.8) is 0 Å². The number of ether oxygens (including phenoxy) is 2. The van der Waals surface area contributed by atoms with Gasteiger partial charge in [0.1, 0.15) is 0 Å². The second-order valence-electron chi connectivity index (χ2n) is 8.98. The number of carbonyl (C=O) groups is 2. The fourth-order valence-corrected chi connectivity index (χ4v) is 4.62. The summed E-state index contributed by atoms with van der Waals surface area (Å²) < 4.78 is 11.0. The van der Waals surface area contributed by atoms with Crippen molar-refractivity contribution in [3.8, 4) is 11.5 Å². The molecule has 2 aromatic carbocycles. The van der Waals surface area contributed by atoms with E-state index >= 15 is 0 Å². The standard InChI is InChI=1S/C27H27N3O4/c1-17(2)11-13-29-26(31)24-20-7-3-4-8-21(20)27(32)30(25(24)18-6-5-12-28-15-18)19-9-10-22-23(14-19)34-16-33-22/h3-10,12,14-15,17,24-25H,11,13,16H2,1-2H3,(H,29,31)/t24-,25+/m0/s1. The van der Waals surface area contributed by atoms with E-state index in [1.165, 1.54) is 0 Å². The van der Waals surface area contributed by atoms with Gasteiger partial charge in [-0.25, -0.2) is 0 Å². The van der Waals surface area contributed by atoms with Crippen molar-refractivity contribution in [3.05, 3.63) is 83.7 Å². The summed E-state index contributed by atoms with van der Waals surface area (Å²) in [4.78, 5) is 33.5. The lowest BCUT2D eigenvalue weighted by molar-refractivity contribution is -0.123. The van der Waals surface area contributed by atoms with Gasteiger partial charge in [0.2, 0.25) is 12.7 Å². The van der Waals surface area contributed by atoms with Crippen molar-refractivity contribution in [2.45, 2.75) is 32.2 Å². The fraction of sp³-hybridized carbons (Fsp3) is 0.296.